The Morgan fingerprint density at radius 1 is 1.00 bits per heavy atom. The molecule has 1 heterocycles. The van der Waals surface area contributed by atoms with Crippen LogP contribution in [-0.2, 0) is 14.9 Å². The van der Waals surface area contributed by atoms with Gasteiger partial charge in [-0.2, -0.15) is 4.98 Å². The average molecular weight is 567 g/mol. The van der Waals surface area contributed by atoms with E-state index in [1.54, 1.807) is 0 Å². The quantitative estimate of drug-likeness (QED) is 0.379. The van der Waals surface area contributed by atoms with Crippen molar-refractivity contribution in [1.82, 2.24) is 20.4 Å². The number of benzene rings is 1. The van der Waals surface area contributed by atoms with Crippen molar-refractivity contribution in [2.75, 3.05) is 13.1 Å². The Morgan fingerprint density at radius 2 is 1.66 bits per heavy atom. The predicted octanol–water partition coefficient (Wildman–Crippen LogP) is 6.69. The standard InChI is InChI=1S/C32H46N4O5/c1-30(2,3)39-28(37)33-19-21-12-14-23(15-13-21)26-34-27(35-41-26)32(16-17-32)20-36(29(38)40-31(4,5)6)25-18-24(25)22-10-8-7-9-11-22/h7-11,21,23-25H,12-20H2,1-6H3,(H,33,37)/t21?,23?,24-,25+/m0/s1. The number of hydrogen-bond donors (Lipinski definition) is 1. The van der Waals surface area contributed by atoms with Crippen molar-refractivity contribution < 1.29 is 23.6 Å². The highest BCUT2D eigenvalue weighted by molar-refractivity contribution is 5.70. The van der Waals surface area contributed by atoms with E-state index in [4.69, 9.17) is 19.0 Å². The van der Waals surface area contributed by atoms with Crippen molar-refractivity contribution in [3.8, 4) is 0 Å². The first kappa shape index (κ1) is 29.4. The number of nitrogens with one attached hydrogen (secondary N) is 1. The summed E-state index contributed by atoms with van der Waals surface area (Å²) in [4.78, 5) is 32.3. The van der Waals surface area contributed by atoms with Crippen LogP contribution in [0.1, 0.15) is 116 Å². The molecule has 3 fully saturated rings. The molecule has 2 amide bonds. The highest BCUT2D eigenvalue weighted by Gasteiger charge is 2.55. The first-order chi connectivity index (χ1) is 19.3. The first-order valence-corrected chi connectivity index (χ1v) is 15.2. The number of nitrogens with zero attached hydrogens (tertiary/aromatic N) is 3. The molecule has 0 aliphatic heterocycles. The predicted molar refractivity (Wildman–Crippen MR) is 155 cm³/mol. The van der Waals surface area contributed by atoms with E-state index >= 15 is 0 Å². The second-order valence-corrected chi connectivity index (χ2v) is 14.3. The molecule has 0 saturated heterocycles. The Kier molecular flexibility index (Phi) is 8.09. The van der Waals surface area contributed by atoms with Gasteiger partial charge in [-0.25, -0.2) is 9.59 Å². The fourth-order valence-electron chi connectivity index (χ4n) is 5.92. The molecule has 3 saturated carbocycles. The second kappa shape index (κ2) is 11.3. The third-order valence-electron chi connectivity index (χ3n) is 8.39. The second-order valence-electron chi connectivity index (χ2n) is 14.3. The molecule has 0 unspecified atom stereocenters. The number of ether oxygens (including phenoxy) is 2. The van der Waals surface area contributed by atoms with Crippen LogP contribution in [0.15, 0.2) is 34.9 Å². The van der Waals surface area contributed by atoms with Crippen LogP contribution in [0, 0.1) is 5.92 Å². The normalized spacial score (nSPS) is 25.2. The summed E-state index contributed by atoms with van der Waals surface area (Å²) in [6, 6.07) is 10.5. The number of aromatic nitrogens is 2. The van der Waals surface area contributed by atoms with Gasteiger partial charge in [0.25, 0.3) is 0 Å². The average Bonchev–Trinajstić information content (AvgIpc) is 3.81. The van der Waals surface area contributed by atoms with Crippen molar-refractivity contribution >= 4 is 12.2 Å². The monoisotopic (exact) mass is 566 g/mol. The number of carbonyl (C=O) groups excluding carboxylic acids is 2. The smallest absolute Gasteiger partial charge is 0.410 e. The van der Waals surface area contributed by atoms with Gasteiger partial charge in [0.1, 0.15) is 11.2 Å². The van der Waals surface area contributed by atoms with E-state index < -0.39 is 11.2 Å². The third-order valence-corrected chi connectivity index (χ3v) is 8.39. The number of hydrogen-bond acceptors (Lipinski definition) is 7. The first-order valence-electron chi connectivity index (χ1n) is 15.2. The lowest BCUT2D eigenvalue weighted by Gasteiger charge is -2.30. The highest BCUT2D eigenvalue weighted by Crippen LogP contribution is 2.52. The van der Waals surface area contributed by atoms with Gasteiger partial charge in [0.15, 0.2) is 5.82 Å². The maximum atomic E-state index is 13.4. The Morgan fingerprint density at radius 3 is 2.27 bits per heavy atom. The van der Waals surface area contributed by atoms with E-state index in [9.17, 15) is 9.59 Å². The van der Waals surface area contributed by atoms with Crippen LogP contribution in [0.2, 0.25) is 0 Å². The van der Waals surface area contributed by atoms with Crippen LogP contribution in [0.3, 0.4) is 0 Å². The molecule has 224 valence electrons. The van der Waals surface area contributed by atoms with Gasteiger partial charge in [-0.3, -0.25) is 0 Å². The van der Waals surface area contributed by atoms with E-state index in [0.29, 0.717) is 36.6 Å². The summed E-state index contributed by atoms with van der Waals surface area (Å²) in [5, 5.41) is 7.35. The van der Waals surface area contributed by atoms with Crippen LogP contribution in [0.4, 0.5) is 9.59 Å². The fraction of sp³-hybridized carbons (Fsp3) is 0.688. The van der Waals surface area contributed by atoms with Crippen LogP contribution in [-0.4, -0.2) is 57.6 Å². The number of rotatable bonds is 8. The van der Waals surface area contributed by atoms with Gasteiger partial charge in [-0.1, -0.05) is 35.5 Å². The molecule has 1 aromatic heterocycles. The largest absolute Gasteiger partial charge is 0.444 e. The molecule has 0 spiro atoms. The molecule has 2 aromatic rings. The summed E-state index contributed by atoms with van der Waals surface area (Å²) in [7, 11) is 0. The number of alkyl carbamates (subject to hydrolysis) is 1. The molecule has 2 atom stereocenters. The van der Waals surface area contributed by atoms with E-state index in [2.05, 4.69) is 34.7 Å². The maximum Gasteiger partial charge on any atom is 0.410 e. The molecule has 3 aliphatic carbocycles. The number of carbonyl (C=O) groups is 2. The fourth-order valence-corrected chi connectivity index (χ4v) is 5.92. The third kappa shape index (κ3) is 7.60. The van der Waals surface area contributed by atoms with Gasteiger partial charge in [-0.15, -0.1) is 0 Å². The summed E-state index contributed by atoms with van der Waals surface area (Å²) in [6.07, 6.45) is 6.01. The van der Waals surface area contributed by atoms with Gasteiger partial charge < -0.3 is 24.2 Å². The summed E-state index contributed by atoms with van der Waals surface area (Å²) in [5.41, 5.74) is -0.0850. The lowest BCUT2D eigenvalue weighted by atomic mass is 9.82. The van der Waals surface area contributed by atoms with Crippen molar-refractivity contribution in [3.05, 3.63) is 47.6 Å². The van der Waals surface area contributed by atoms with Crippen LogP contribution in [0.25, 0.3) is 0 Å². The molecular formula is C32H46N4O5. The summed E-state index contributed by atoms with van der Waals surface area (Å²) >= 11 is 0. The van der Waals surface area contributed by atoms with Crippen LogP contribution < -0.4 is 5.32 Å². The summed E-state index contributed by atoms with van der Waals surface area (Å²) in [5.74, 6) is 2.36. The summed E-state index contributed by atoms with van der Waals surface area (Å²) in [6.45, 7) is 12.5. The van der Waals surface area contributed by atoms with E-state index in [-0.39, 0.29) is 29.6 Å². The van der Waals surface area contributed by atoms with Crippen molar-refractivity contribution in [3.63, 3.8) is 0 Å². The number of amides is 2. The van der Waals surface area contributed by atoms with E-state index in [0.717, 1.165) is 44.9 Å². The molecule has 5 rings (SSSR count). The van der Waals surface area contributed by atoms with Gasteiger partial charge in [0, 0.05) is 31.0 Å². The molecule has 0 radical (unpaired) electrons. The zero-order chi connectivity index (χ0) is 29.4. The van der Waals surface area contributed by atoms with Gasteiger partial charge in [0.2, 0.25) is 5.89 Å². The van der Waals surface area contributed by atoms with Gasteiger partial charge in [-0.05, 0) is 98.0 Å². The Bertz CT molecular complexity index is 1200. The minimum absolute atomic E-state index is 0.112. The molecule has 0 bridgehead atoms. The van der Waals surface area contributed by atoms with Crippen LogP contribution in [0.5, 0.6) is 0 Å². The lowest BCUT2D eigenvalue weighted by Crippen LogP contribution is -2.43. The highest BCUT2D eigenvalue weighted by atomic mass is 16.6. The minimum atomic E-state index is -0.566. The lowest BCUT2D eigenvalue weighted by molar-refractivity contribution is 0.0208. The summed E-state index contributed by atoms with van der Waals surface area (Å²) < 4.78 is 17.0. The topological polar surface area (TPSA) is 107 Å². The zero-order valence-electron chi connectivity index (χ0n) is 25.4. The Hall–Kier alpha value is -3.10. The maximum absolute atomic E-state index is 13.4. The van der Waals surface area contributed by atoms with Crippen molar-refractivity contribution in [2.45, 2.75) is 121 Å². The molecule has 1 aromatic carbocycles. The Labute approximate surface area is 243 Å². The molecule has 9 nitrogen and oxygen atoms in total. The molecule has 9 heteroatoms. The SMILES string of the molecule is CC(C)(C)OC(=O)NCC1CCC(c2nc(C3(CN(C(=O)OC(C)(C)C)[C@@H]4C[C@H]4c4ccccc4)CC3)no2)CC1. The zero-order valence-corrected chi connectivity index (χ0v) is 25.4. The molecular weight excluding hydrogens is 520 g/mol. The van der Waals surface area contributed by atoms with Gasteiger partial charge in [0.05, 0.1) is 5.41 Å². The molecule has 41 heavy (non-hydrogen) atoms. The molecule has 1 N–H and O–H groups in total. The van der Waals surface area contributed by atoms with E-state index in [1.165, 1.54) is 5.56 Å². The minimum Gasteiger partial charge on any atom is -0.444 e. The van der Waals surface area contributed by atoms with E-state index in [1.807, 2.05) is 52.5 Å². The van der Waals surface area contributed by atoms with Crippen molar-refractivity contribution in [2.24, 2.45) is 5.92 Å². The van der Waals surface area contributed by atoms with Gasteiger partial charge >= 0.3 is 12.2 Å². The molecule has 3 aliphatic rings. The Balaban J connectivity index is 1.19. The van der Waals surface area contributed by atoms with Crippen molar-refractivity contribution in [1.29, 1.82) is 0 Å². The van der Waals surface area contributed by atoms with Crippen LogP contribution >= 0.6 is 0 Å².